The highest BCUT2D eigenvalue weighted by molar-refractivity contribution is 7.94. The van der Waals surface area contributed by atoms with Crippen molar-refractivity contribution in [3.8, 4) is 0 Å². The maximum atomic E-state index is 12.5. The van der Waals surface area contributed by atoms with Gasteiger partial charge in [-0.1, -0.05) is 25.1 Å². The van der Waals surface area contributed by atoms with E-state index in [0.717, 1.165) is 4.31 Å². The van der Waals surface area contributed by atoms with Crippen molar-refractivity contribution in [3.63, 3.8) is 0 Å². The summed E-state index contributed by atoms with van der Waals surface area (Å²) in [6, 6.07) is 12.0. The summed E-state index contributed by atoms with van der Waals surface area (Å²) in [5.41, 5.74) is 5.91. The quantitative estimate of drug-likeness (QED) is 0.819. The van der Waals surface area contributed by atoms with Gasteiger partial charge < -0.3 is 11.1 Å². The van der Waals surface area contributed by atoms with Crippen molar-refractivity contribution in [1.29, 1.82) is 0 Å². The lowest BCUT2D eigenvalue weighted by Crippen LogP contribution is -2.30. The van der Waals surface area contributed by atoms with Gasteiger partial charge in [-0.3, -0.25) is 14.4 Å². The van der Waals surface area contributed by atoms with Crippen LogP contribution in [0.25, 0.3) is 0 Å². The third kappa shape index (κ3) is 3.54. The molecule has 0 saturated carbocycles. The van der Waals surface area contributed by atoms with Crippen molar-refractivity contribution in [1.82, 2.24) is 0 Å². The highest BCUT2D eigenvalue weighted by Gasteiger charge is 2.42. The van der Waals surface area contributed by atoms with E-state index < -0.39 is 33.7 Å². The summed E-state index contributed by atoms with van der Waals surface area (Å²) in [6.07, 6.45) is 0. The minimum absolute atomic E-state index is 0.0974. The summed E-state index contributed by atoms with van der Waals surface area (Å²) >= 11 is 0. The Balaban J connectivity index is 1.92. The van der Waals surface area contributed by atoms with Crippen molar-refractivity contribution in [3.05, 3.63) is 59.7 Å². The van der Waals surface area contributed by atoms with Gasteiger partial charge in [-0.15, -0.1) is 0 Å². The first-order valence-corrected chi connectivity index (χ1v) is 9.69. The molecule has 0 spiro atoms. The zero-order valence-electron chi connectivity index (χ0n) is 14.4. The molecular weight excluding hydrogens is 370 g/mol. The Morgan fingerprint density at radius 2 is 1.85 bits per heavy atom. The minimum atomic E-state index is -3.77. The van der Waals surface area contributed by atoms with Crippen LogP contribution in [0.4, 0.5) is 11.4 Å². The number of nitrogens with two attached hydrogens (primary N) is 1. The first-order chi connectivity index (χ1) is 12.7. The first-order valence-electron chi connectivity index (χ1n) is 8.08. The summed E-state index contributed by atoms with van der Waals surface area (Å²) in [5.74, 6) is -2.71. The molecule has 140 valence electrons. The molecule has 1 unspecified atom stereocenters. The van der Waals surface area contributed by atoms with Crippen molar-refractivity contribution in [2.24, 2.45) is 11.7 Å². The zero-order valence-corrected chi connectivity index (χ0v) is 15.2. The standard InChI is InChI=1S/C18H17N3O5S/c1-11-10-27(25,26)21(18(11)24)13-6-4-5-12(9-13)17(23)20-15-8-3-2-7-14(15)16(19)22/h2-9,11H,10H2,1H3,(H2,19,22)(H,20,23). The van der Waals surface area contributed by atoms with Gasteiger partial charge in [-0.05, 0) is 30.3 Å². The smallest absolute Gasteiger partial charge is 0.255 e. The molecule has 3 N–H and O–H groups in total. The van der Waals surface area contributed by atoms with Gasteiger partial charge in [0.2, 0.25) is 15.9 Å². The molecule has 2 aromatic carbocycles. The van der Waals surface area contributed by atoms with Crippen molar-refractivity contribution < 1.29 is 22.8 Å². The van der Waals surface area contributed by atoms with E-state index in [4.69, 9.17) is 5.73 Å². The van der Waals surface area contributed by atoms with Gasteiger partial charge in [0.05, 0.1) is 28.6 Å². The third-order valence-electron chi connectivity index (χ3n) is 4.14. The predicted octanol–water partition coefficient (Wildman–Crippen LogP) is 1.35. The number of hydrogen-bond acceptors (Lipinski definition) is 5. The van der Waals surface area contributed by atoms with Crippen LogP contribution in [0.3, 0.4) is 0 Å². The molecule has 0 bridgehead atoms. The van der Waals surface area contributed by atoms with Gasteiger partial charge in [0.1, 0.15) is 0 Å². The average Bonchev–Trinajstić information content (AvgIpc) is 2.82. The third-order valence-corrected chi connectivity index (χ3v) is 6.01. The van der Waals surface area contributed by atoms with E-state index in [-0.39, 0.29) is 28.3 Å². The normalized spacial score (nSPS) is 18.3. The van der Waals surface area contributed by atoms with Crippen LogP contribution in [0, 0.1) is 5.92 Å². The van der Waals surface area contributed by atoms with E-state index in [2.05, 4.69) is 5.32 Å². The Hall–Kier alpha value is -3.20. The van der Waals surface area contributed by atoms with Gasteiger partial charge in [-0.2, -0.15) is 0 Å². The van der Waals surface area contributed by atoms with Gasteiger partial charge in [-0.25, -0.2) is 12.7 Å². The molecule has 27 heavy (non-hydrogen) atoms. The van der Waals surface area contributed by atoms with E-state index in [1.54, 1.807) is 12.1 Å². The van der Waals surface area contributed by atoms with E-state index in [9.17, 15) is 22.8 Å². The molecule has 1 heterocycles. The Labute approximate surface area is 156 Å². The largest absolute Gasteiger partial charge is 0.366 e. The lowest BCUT2D eigenvalue weighted by Gasteiger charge is -2.16. The molecule has 2 aromatic rings. The molecule has 1 saturated heterocycles. The second-order valence-electron chi connectivity index (χ2n) is 6.20. The Kier molecular flexibility index (Phi) is 4.71. The number of hydrogen-bond donors (Lipinski definition) is 2. The van der Waals surface area contributed by atoms with E-state index in [1.165, 1.54) is 43.3 Å². The topological polar surface area (TPSA) is 127 Å². The number of benzene rings is 2. The molecule has 8 nitrogen and oxygen atoms in total. The van der Waals surface area contributed by atoms with Gasteiger partial charge in [0.15, 0.2) is 0 Å². The minimum Gasteiger partial charge on any atom is -0.366 e. The van der Waals surface area contributed by atoms with Crippen LogP contribution in [0.1, 0.15) is 27.6 Å². The first kappa shape index (κ1) is 18.6. The van der Waals surface area contributed by atoms with Gasteiger partial charge in [0, 0.05) is 5.56 Å². The number of sulfonamides is 1. The SMILES string of the molecule is CC1CS(=O)(=O)N(c2cccc(C(=O)Nc3ccccc3C(N)=O)c2)C1=O. The Bertz CT molecular complexity index is 1050. The summed E-state index contributed by atoms with van der Waals surface area (Å²) in [6.45, 7) is 1.54. The predicted molar refractivity (Wildman–Crippen MR) is 99.8 cm³/mol. The van der Waals surface area contributed by atoms with E-state index in [0.29, 0.717) is 0 Å². The second kappa shape index (κ2) is 6.84. The number of carbonyl (C=O) groups excluding carboxylic acids is 3. The maximum Gasteiger partial charge on any atom is 0.255 e. The number of rotatable bonds is 4. The summed E-state index contributed by atoms with van der Waals surface area (Å²) in [7, 11) is -3.77. The lowest BCUT2D eigenvalue weighted by atomic mass is 10.1. The monoisotopic (exact) mass is 387 g/mol. The van der Waals surface area contributed by atoms with Crippen LogP contribution < -0.4 is 15.4 Å². The van der Waals surface area contributed by atoms with Crippen LogP contribution >= 0.6 is 0 Å². The molecule has 9 heteroatoms. The number of primary amides is 1. The summed E-state index contributed by atoms with van der Waals surface area (Å²) in [5, 5.41) is 2.57. The van der Waals surface area contributed by atoms with Crippen LogP contribution in [-0.4, -0.2) is 31.9 Å². The molecule has 0 aliphatic carbocycles. The summed E-state index contributed by atoms with van der Waals surface area (Å²) < 4.78 is 25.2. The van der Waals surface area contributed by atoms with Crippen LogP contribution in [0.2, 0.25) is 0 Å². The fraction of sp³-hybridized carbons (Fsp3) is 0.167. The van der Waals surface area contributed by atoms with Crippen molar-refractivity contribution in [2.75, 3.05) is 15.4 Å². The van der Waals surface area contributed by atoms with E-state index in [1.807, 2.05) is 0 Å². The van der Waals surface area contributed by atoms with Crippen LogP contribution in [0.15, 0.2) is 48.5 Å². The molecule has 1 aliphatic heterocycles. The molecular formula is C18H17N3O5S. The molecule has 3 amide bonds. The molecule has 1 fully saturated rings. The molecule has 0 aromatic heterocycles. The van der Waals surface area contributed by atoms with Crippen LogP contribution in [-0.2, 0) is 14.8 Å². The number of para-hydroxylation sites is 1. The second-order valence-corrected chi connectivity index (χ2v) is 8.06. The molecule has 1 aliphatic rings. The highest BCUT2D eigenvalue weighted by atomic mass is 32.2. The van der Waals surface area contributed by atoms with Crippen molar-refractivity contribution in [2.45, 2.75) is 6.92 Å². The number of nitrogens with zero attached hydrogens (tertiary/aromatic N) is 1. The summed E-state index contributed by atoms with van der Waals surface area (Å²) in [4.78, 5) is 36.2. The van der Waals surface area contributed by atoms with Gasteiger partial charge in [0.25, 0.3) is 11.8 Å². The lowest BCUT2D eigenvalue weighted by molar-refractivity contribution is -0.119. The van der Waals surface area contributed by atoms with Gasteiger partial charge >= 0.3 is 0 Å². The van der Waals surface area contributed by atoms with Crippen LogP contribution in [0.5, 0.6) is 0 Å². The Morgan fingerprint density at radius 3 is 2.48 bits per heavy atom. The van der Waals surface area contributed by atoms with Crippen molar-refractivity contribution >= 4 is 39.1 Å². The number of carbonyl (C=O) groups is 3. The van der Waals surface area contributed by atoms with E-state index >= 15 is 0 Å². The molecule has 0 radical (unpaired) electrons. The number of nitrogens with one attached hydrogen (secondary N) is 1. The maximum absolute atomic E-state index is 12.5. The number of amides is 3. The fourth-order valence-electron chi connectivity index (χ4n) is 2.86. The molecule has 3 rings (SSSR count). The Morgan fingerprint density at radius 1 is 1.15 bits per heavy atom. The highest BCUT2D eigenvalue weighted by Crippen LogP contribution is 2.29. The number of anilines is 2. The fourth-order valence-corrected chi connectivity index (χ4v) is 4.67. The average molecular weight is 387 g/mol. The zero-order chi connectivity index (χ0) is 19.8. The molecule has 1 atom stereocenters.